The molecule has 2 heterocycles. The highest BCUT2D eigenvalue weighted by Gasteiger charge is 2.27. The van der Waals surface area contributed by atoms with E-state index in [1.165, 1.54) is 0 Å². The molecule has 1 aliphatic rings. The molecule has 0 atom stereocenters. The molecule has 1 aromatic heterocycles. The standard InChI is InChI=1S/C23H29N3O4/c1-16-14-20(17(2)30-16)23(29)26(15-18-6-4-3-5-7-18)13-10-21(27)25-11-8-19(9-12-25)22(24)28/h3-7,14,19H,8-13,15H2,1-2H3,(H2,24,28). The first-order chi connectivity index (χ1) is 14.3. The van der Waals surface area contributed by atoms with Gasteiger partial charge in [0.1, 0.15) is 11.5 Å². The summed E-state index contributed by atoms with van der Waals surface area (Å²) >= 11 is 0. The summed E-state index contributed by atoms with van der Waals surface area (Å²) in [6, 6.07) is 11.5. The molecule has 3 rings (SSSR count). The third kappa shape index (κ3) is 5.28. The van der Waals surface area contributed by atoms with Crippen LogP contribution in [0.15, 0.2) is 40.8 Å². The van der Waals surface area contributed by atoms with Crippen LogP contribution in [-0.4, -0.2) is 47.2 Å². The Morgan fingerprint density at radius 2 is 1.80 bits per heavy atom. The van der Waals surface area contributed by atoms with Crippen molar-refractivity contribution in [3.63, 3.8) is 0 Å². The van der Waals surface area contributed by atoms with Gasteiger partial charge < -0.3 is 20.0 Å². The smallest absolute Gasteiger partial charge is 0.257 e. The van der Waals surface area contributed by atoms with Gasteiger partial charge in [0.15, 0.2) is 0 Å². The number of nitrogens with two attached hydrogens (primary N) is 1. The van der Waals surface area contributed by atoms with Gasteiger partial charge in [-0.3, -0.25) is 14.4 Å². The van der Waals surface area contributed by atoms with Crippen molar-refractivity contribution in [2.24, 2.45) is 11.7 Å². The Bertz CT molecular complexity index is 898. The van der Waals surface area contributed by atoms with Crippen molar-refractivity contribution in [3.05, 3.63) is 59.0 Å². The zero-order chi connectivity index (χ0) is 21.7. The lowest BCUT2D eigenvalue weighted by molar-refractivity contribution is -0.135. The largest absolute Gasteiger partial charge is 0.466 e. The van der Waals surface area contributed by atoms with Crippen molar-refractivity contribution in [1.82, 2.24) is 9.80 Å². The lowest BCUT2D eigenvalue weighted by Crippen LogP contribution is -2.43. The molecule has 0 bridgehead atoms. The molecule has 7 heteroatoms. The minimum Gasteiger partial charge on any atom is -0.466 e. The van der Waals surface area contributed by atoms with Crippen LogP contribution in [0.25, 0.3) is 0 Å². The van der Waals surface area contributed by atoms with Crippen molar-refractivity contribution < 1.29 is 18.8 Å². The first-order valence-corrected chi connectivity index (χ1v) is 10.3. The Kier molecular flexibility index (Phi) is 6.92. The molecular formula is C23H29N3O4. The fourth-order valence-corrected chi connectivity index (χ4v) is 3.87. The number of carbonyl (C=O) groups is 3. The summed E-state index contributed by atoms with van der Waals surface area (Å²) in [5.74, 6) is 0.654. The van der Waals surface area contributed by atoms with E-state index < -0.39 is 0 Å². The molecule has 7 nitrogen and oxygen atoms in total. The van der Waals surface area contributed by atoms with Gasteiger partial charge in [-0.1, -0.05) is 30.3 Å². The maximum atomic E-state index is 13.2. The maximum Gasteiger partial charge on any atom is 0.257 e. The number of hydrogen-bond donors (Lipinski definition) is 1. The van der Waals surface area contributed by atoms with E-state index in [4.69, 9.17) is 10.2 Å². The van der Waals surface area contributed by atoms with Crippen molar-refractivity contribution in [3.8, 4) is 0 Å². The minimum atomic E-state index is -0.299. The first kappa shape index (κ1) is 21.6. The summed E-state index contributed by atoms with van der Waals surface area (Å²) in [6.45, 7) is 5.37. The third-order valence-corrected chi connectivity index (χ3v) is 5.62. The second-order valence-electron chi connectivity index (χ2n) is 7.85. The van der Waals surface area contributed by atoms with Gasteiger partial charge in [-0.05, 0) is 38.3 Å². The average Bonchev–Trinajstić information content (AvgIpc) is 3.09. The van der Waals surface area contributed by atoms with E-state index in [1.54, 1.807) is 22.8 Å². The van der Waals surface area contributed by atoms with Crippen LogP contribution in [0.4, 0.5) is 0 Å². The SMILES string of the molecule is Cc1cc(C(=O)N(CCC(=O)N2CCC(C(N)=O)CC2)Cc2ccccc2)c(C)o1. The van der Waals surface area contributed by atoms with Crippen LogP contribution in [0.5, 0.6) is 0 Å². The van der Waals surface area contributed by atoms with Gasteiger partial charge in [-0.2, -0.15) is 0 Å². The summed E-state index contributed by atoms with van der Waals surface area (Å²) in [5, 5.41) is 0. The van der Waals surface area contributed by atoms with Crippen LogP contribution >= 0.6 is 0 Å². The summed E-state index contributed by atoms with van der Waals surface area (Å²) in [6.07, 6.45) is 1.43. The van der Waals surface area contributed by atoms with Crippen LogP contribution < -0.4 is 5.73 Å². The number of benzene rings is 1. The highest BCUT2D eigenvalue weighted by molar-refractivity contribution is 5.95. The van der Waals surface area contributed by atoms with Crippen molar-refractivity contribution in [2.75, 3.05) is 19.6 Å². The van der Waals surface area contributed by atoms with Crippen LogP contribution in [0.2, 0.25) is 0 Å². The van der Waals surface area contributed by atoms with E-state index in [1.807, 2.05) is 37.3 Å². The minimum absolute atomic E-state index is 0.0103. The molecule has 2 N–H and O–H groups in total. The molecule has 3 amide bonds. The fourth-order valence-electron chi connectivity index (χ4n) is 3.87. The molecule has 0 radical (unpaired) electrons. The van der Waals surface area contributed by atoms with Gasteiger partial charge in [0.2, 0.25) is 11.8 Å². The second kappa shape index (κ2) is 9.61. The van der Waals surface area contributed by atoms with Crippen molar-refractivity contribution >= 4 is 17.7 Å². The summed E-state index contributed by atoms with van der Waals surface area (Å²) in [5.41, 5.74) is 6.89. The number of rotatable bonds is 7. The van der Waals surface area contributed by atoms with Gasteiger partial charge >= 0.3 is 0 Å². The lowest BCUT2D eigenvalue weighted by Gasteiger charge is -2.31. The molecule has 30 heavy (non-hydrogen) atoms. The summed E-state index contributed by atoms with van der Waals surface area (Å²) in [7, 11) is 0. The Morgan fingerprint density at radius 1 is 1.13 bits per heavy atom. The summed E-state index contributed by atoms with van der Waals surface area (Å²) < 4.78 is 5.53. The predicted molar refractivity (Wildman–Crippen MR) is 112 cm³/mol. The van der Waals surface area contributed by atoms with Gasteiger partial charge in [0.25, 0.3) is 5.91 Å². The van der Waals surface area contributed by atoms with Crippen LogP contribution in [-0.2, 0) is 16.1 Å². The fraction of sp³-hybridized carbons (Fsp3) is 0.435. The van der Waals surface area contributed by atoms with Crippen LogP contribution in [0, 0.1) is 19.8 Å². The number of primary amides is 1. The van der Waals surface area contributed by atoms with Crippen molar-refractivity contribution in [1.29, 1.82) is 0 Å². The molecule has 0 unspecified atom stereocenters. The van der Waals surface area contributed by atoms with Crippen LogP contribution in [0.3, 0.4) is 0 Å². The quantitative estimate of drug-likeness (QED) is 0.757. The molecular weight excluding hydrogens is 382 g/mol. The van der Waals surface area contributed by atoms with Crippen molar-refractivity contribution in [2.45, 2.75) is 39.7 Å². The van der Waals surface area contributed by atoms with E-state index >= 15 is 0 Å². The van der Waals surface area contributed by atoms with Gasteiger partial charge in [-0.15, -0.1) is 0 Å². The number of likely N-dealkylation sites (tertiary alicyclic amines) is 1. The van der Waals surface area contributed by atoms with E-state index in [0.717, 1.165) is 5.56 Å². The monoisotopic (exact) mass is 411 g/mol. The molecule has 1 saturated heterocycles. The molecule has 1 aromatic carbocycles. The third-order valence-electron chi connectivity index (χ3n) is 5.62. The molecule has 2 aromatic rings. The highest BCUT2D eigenvalue weighted by Crippen LogP contribution is 2.20. The average molecular weight is 412 g/mol. The van der Waals surface area contributed by atoms with E-state index in [2.05, 4.69) is 0 Å². The molecule has 1 aliphatic heterocycles. The number of piperidine rings is 1. The number of nitrogens with zero attached hydrogens (tertiary/aromatic N) is 2. The topological polar surface area (TPSA) is 96.9 Å². The Morgan fingerprint density at radius 3 is 2.37 bits per heavy atom. The van der Waals surface area contributed by atoms with Gasteiger partial charge in [0.05, 0.1) is 5.56 Å². The molecule has 0 saturated carbocycles. The van der Waals surface area contributed by atoms with E-state index in [0.29, 0.717) is 56.1 Å². The Hall–Kier alpha value is -3.09. The van der Waals surface area contributed by atoms with E-state index in [-0.39, 0.29) is 30.1 Å². The number of aryl methyl sites for hydroxylation is 2. The van der Waals surface area contributed by atoms with E-state index in [9.17, 15) is 14.4 Å². The number of hydrogen-bond acceptors (Lipinski definition) is 4. The zero-order valence-electron chi connectivity index (χ0n) is 17.6. The van der Waals surface area contributed by atoms with Gasteiger partial charge in [-0.25, -0.2) is 0 Å². The number of furan rings is 1. The molecule has 160 valence electrons. The normalized spacial score (nSPS) is 14.5. The second-order valence-corrected chi connectivity index (χ2v) is 7.85. The number of carbonyl (C=O) groups excluding carboxylic acids is 3. The van der Waals surface area contributed by atoms with Gasteiger partial charge in [0, 0.05) is 38.5 Å². The zero-order valence-corrected chi connectivity index (χ0v) is 17.6. The molecule has 1 fully saturated rings. The molecule has 0 spiro atoms. The first-order valence-electron chi connectivity index (χ1n) is 10.3. The van der Waals surface area contributed by atoms with Crippen LogP contribution in [0.1, 0.15) is 46.7 Å². The lowest BCUT2D eigenvalue weighted by atomic mass is 9.96. The summed E-state index contributed by atoms with van der Waals surface area (Å²) in [4.78, 5) is 40.7. The molecule has 0 aliphatic carbocycles. The Balaban J connectivity index is 1.66. The number of amides is 3. The maximum absolute atomic E-state index is 13.2. The Labute approximate surface area is 176 Å². The highest BCUT2D eigenvalue weighted by atomic mass is 16.3. The predicted octanol–water partition coefficient (Wildman–Crippen LogP) is 2.65.